The molecular weight excluding hydrogens is 271 g/mol. The molecule has 1 aromatic heterocycles. The third-order valence-electron chi connectivity index (χ3n) is 2.95. The molecule has 2 aromatic carbocycles. The highest BCUT2D eigenvalue weighted by Gasteiger charge is 2.17. The second-order valence-electron chi connectivity index (χ2n) is 4.50. The Morgan fingerprint density at radius 3 is 2.48 bits per heavy atom. The fourth-order valence-electron chi connectivity index (χ4n) is 1.88. The molecule has 0 amide bonds. The van der Waals surface area contributed by atoms with E-state index in [9.17, 15) is 4.39 Å². The first-order valence-electron chi connectivity index (χ1n) is 6.54. The molecule has 0 saturated carbocycles. The average molecular weight is 284 g/mol. The van der Waals surface area contributed by atoms with Crippen LogP contribution in [-0.2, 0) is 0 Å². The molecule has 0 fully saturated rings. The Balaban J connectivity index is 1.79. The number of hydrogen-bond donors (Lipinski definition) is 0. The van der Waals surface area contributed by atoms with Crippen LogP contribution in [0.5, 0.6) is 5.75 Å². The molecule has 1 heterocycles. The van der Waals surface area contributed by atoms with Crippen LogP contribution in [0, 0.1) is 5.82 Å². The molecule has 0 spiro atoms. The third-order valence-corrected chi connectivity index (χ3v) is 2.95. The van der Waals surface area contributed by atoms with Gasteiger partial charge in [0.05, 0.1) is 0 Å². The highest BCUT2D eigenvalue weighted by molar-refractivity contribution is 5.51. The topological polar surface area (TPSA) is 48.2 Å². The first-order valence-corrected chi connectivity index (χ1v) is 6.54. The normalized spacial score (nSPS) is 12.1. The van der Waals surface area contributed by atoms with Crippen molar-refractivity contribution in [2.45, 2.75) is 13.0 Å². The Hall–Kier alpha value is -2.69. The number of ether oxygens (including phenoxy) is 1. The van der Waals surface area contributed by atoms with Crippen molar-refractivity contribution >= 4 is 0 Å². The van der Waals surface area contributed by atoms with E-state index in [0.717, 1.165) is 5.56 Å². The highest BCUT2D eigenvalue weighted by Crippen LogP contribution is 2.25. The smallest absolute Gasteiger partial charge is 0.257 e. The minimum Gasteiger partial charge on any atom is -0.478 e. The minimum absolute atomic E-state index is 0.157. The second-order valence-corrected chi connectivity index (χ2v) is 4.50. The Kier molecular flexibility index (Phi) is 3.64. The maximum atomic E-state index is 13.5. The molecule has 0 aliphatic carbocycles. The van der Waals surface area contributed by atoms with E-state index in [4.69, 9.17) is 9.15 Å². The first-order chi connectivity index (χ1) is 10.2. The number of para-hydroxylation sites is 1. The van der Waals surface area contributed by atoms with Crippen molar-refractivity contribution in [2.75, 3.05) is 0 Å². The van der Waals surface area contributed by atoms with E-state index >= 15 is 0 Å². The Morgan fingerprint density at radius 1 is 1.00 bits per heavy atom. The van der Waals surface area contributed by atoms with Gasteiger partial charge in [-0.15, -0.1) is 10.2 Å². The number of nitrogens with zero attached hydrogens (tertiary/aromatic N) is 2. The number of aromatic nitrogens is 2. The highest BCUT2D eigenvalue weighted by atomic mass is 19.1. The van der Waals surface area contributed by atoms with Crippen LogP contribution in [0.25, 0.3) is 11.5 Å². The van der Waals surface area contributed by atoms with Crippen molar-refractivity contribution in [1.82, 2.24) is 10.2 Å². The Labute approximate surface area is 121 Å². The van der Waals surface area contributed by atoms with Crippen LogP contribution in [0.1, 0.15) is 18.9 Å². The zero-order chi connectivity index (χ0) is 14.7. The van der Waals surface area contributed by atoms with Crippen molar-refractivity contribution in [2.24, 2.45) is 0 Å². The molecule has 0 saturated heterocycles. The molecule has 21 heavy (non-hydrogen) atoms. The SMILES string of the molecule is CC(Oc1ccccc1F)c1nnc(-c2ccccc2)o1. The first kappa shape index (κ1) is 13.3. The number of benzene rings is 2. The molecule has 106 valence electrons. The third kappa shape index (κ3) is 2.91. The van der Waals surface area contributed by atoms with Crippen LogP contribution in [0.4, 0.5) is 4.39 Å². The van der Waals surface area contributed by atoms with E-state index in [0.29, 0.717) is 11.8 Å². The summed E-state index contributed by atoms with van der Waals surface area (Å²) in [5.41, 5.74) is 0.828. The molecule has 1 atom stereocenters. The van der Waals surface area contributed by atoms with Gasteiger partial charge in [-0.05, 0) is 31.2 Å². The fourth-order valence-corrected chi connectivity index (χ4v) is 1.88. The standard InChI is InChI=1S/C16H13FN2O2/c1-11(20-14-10-6-5-9-13(14)17)15-18-19-16(21-15)12-7-3-2-4-8-12/h2-11H,1H3. The summed E-state index contributed by atoms with van der Waals surface area (Å²) in [6.45, 7) is 1.73. The second kappa shape index (κ2) is 5.75. The van der Waals surface area contributed by atoms with Crippen LogP contribution in [0.3, 0.4) is 0 Å². The van der Waals surface area contributed by atoms with Gasteiger partial charge < -0.3 is 9.15 Å². The maximum absolute atomic E-state index is 13.5. The van der Waals surface area contributed by atoms with Gasteiger partial charge in [-0.2, -0.15) is 0 Å². The summed E-state index contributed by atoms with van der Waals surface area (Å²) in [7, 11) is 0. The van der Waals surface area contributed by atoms with Gasteiger partial charge in [0.2, 0.25) is 5.89 Å². The van der Waals surface area contributed by atoms with E-state index in [1.54, 1.807) is 25.1 Å². The van der Waals surface area contributed by atoms with Gasteiger partial charge >= 0.3 is 0 Å². The summed E-state index contributed by atoms with van der Waals surface area (Å²) in [4.78, 5) is 0. The van der Waals surface area contributed by atoms with E-state index in [-0.39, 0.29) is 5.75 Å². The zero-order valence-electron chi connectivity index (χ0n) is 11.4. The van der Waals surface area contributed by atoms with Gasteiger partial charge in [0.25, 0.3) is 5.89 Å². The predicted octanol–water partition coefficient (Wildman–Crippen LogP) is 4.02. The fraction of sp³-hybridized carbons (Fsp3) is 0.125. The molecule has 0 radical (unpaired) electrons. The molecule has 0 aliphatic rings. The summed E-state index contributed by atoms with van der Waals surface area (Å²) in [6, 6.07) is 15.6. The summed E-state index contributed by atoms with van der Waals surface area (Å²) in [5, 5.41) is 7.94. The lowest BCUT2D eigenvalue weighted by Gasteiger charge is -2.11. The zero-order valence-corrected chi connectivity index (χ0v) is 11.4. The van der Waals surface area contributed by atoms with Crippen molar-refractivity contribution < 1.29 is 13.5 Å². The molecule has 3 rings (SSSR count). The quantitative estimate of drug-likeness (QED) is 0.726. The van der Waals surface area contributed by atoms with E-state index in [1.807, 2.05) is 30.3 Å². The lowest BCUT2D eigenvalue weighted by molar-refractivity contribution is 0.182. The minimum atomic E-state index is -0.535. The van der Waals surface area contributed by atoms with Gasteiger partial charge in [-0.1, -0.05) is 30.3 Å². The number of rotatable bonds is 4. The molecule has 0 bridgehead atoms. The lowest BCUT2D eigenvalue weighted by atomic mass is 10.2. The predicted molar refractivity (Wildman–Crippen MR) is 75.2 cm³/mol. The van der Waals surface area contributed by atoms with Gasteiger partial charge in [-0.3, -0.25) is 0 Å². The van der Waals surface area contributed by atoms with Crippen LogP contribution in [-0.4, -0.2) is 10.2 Å². The van der Waals surface area contributed by atoms with Crippen LogP contribution >= 0.6 is 0 Å². The monoisotopic (exact) mass is 284 g/mol. The van der Waals surface area contributed by atoms with Crippen molar-refractivity contribution in [3.8, 4) is 17.2 Å². The molecule has 0 aliphatic heterocycles. The van der Waals surface area contributed by atoms with Crippen LogP contribution < -0.4 is 4.74 Å². The number of halogens is 1. The van der Waals surface area contributed by atoms with Crippen molar-refractivity contribution in [1.29, 1.82) is 0 Å². The van der Waals surface area contributed by atoms with E-state index < -0.39 is 11.9 Å². The van der Waals surface area contributed by atoms with Gasteiger partial charge in [-0.25, -0.2) is 4.39 Å². The summed E-state index contributed by atoms with van der Waals surface area (Å²) < 4.78 is 24.6. The molecule has 1 unspecified atom stereocenters. The summed E-state index contributed by atoms with van der Waals surface area (Å²) >= 11 is 0. The molecular formula is C16H13FN2O2. The molecule has 5 heteroatoms. The van der Waals surface area contributed by atoms with Gasteiger partial charge in [0.15, 0.2) is 17.7 Å². The Morgan fingerprint density at radius 2 is 1.71 bits per heavy atom. The average Bonchev–Trinajstić information content (AvgIpc) is 3.00. The van der Waals surface area contributed by atoms with Crippen LogP contribution in [0.15, 0.2) is 59.0 Å². The van der Waals surface area contributed by atoms with E-state index in [1.165, 1.54) is 6.07 Å². The van der Waals surface area contributed by atoms with Gasteiger partial charge in [0, 0.05) is 5.56 Å². The Bertz CT molecular complexity index is 728. The van der Waals surface area contributed by atoms with Gasteiger partial charge in [0.1, 0.15) is 0 Å². The van der Waals surface area contributed by atoms with Crippen molar-refractivity contribution in [3.05, 3.63) is 66.3 Å². The number of hydrogen-bond acceptors (Lipinski definition) is 4. The van der Waals surface area contributed by atoms with Crippen molar-refractivity contribution in [3.63, 3.8) is 0 Å². The van der Waals surface area contributed by atoms with E-state index in [2.05, 4.69) is 10.2 Å². The lowest BCUT2D eigenvalue weighted by Crippen LogP contribution is -2.04. The largest absolute Gasteiger partial charge is 0.478 e. The maximum Gasteiger partial charge on any atom is 0.257 e. The molecule has 3 aromatic rings. The van der Waals surface area contributed by atoms with Crippen LogP contribution in [0.2, 0.25) is 0 Å². The molecule has 4 nitrogen and oxygen atoms in total. The summed E-state index contributed by atoms with van der Waals surface area (Å²) in [5.74, 6) is 0.447. The summed E-state index contributed by atoms with van der Waals surface area (Å²) in [6.07, 6.45) is -0.535. The molecule has 0 N–H and O–H groups in total.